The Hall–Kier alpha value is -2.49. The van der Waals surface area contributed by atoms with Gasteiger partial charge in [-0.25, -0.2) is 18.5 Å². The molecule has 1 aliphatic rings. The van der Waals surface area contributed by atoms with Gasteiger partial charge in [0, 0.05) is 16.8 Å². The number of carbonyl (C=O) groups is 1. The number of nitrogens with one attached hydrogen (secondary N) is 1. The summed E-state index contributed by atoms with van der Waals surface area (Å²) >= 11 is 1.27. The first kappa shape index (κ1) is 18.9. The third-order valence-electron chi connectivity index (χ3n) is 4.90. The molecule has 0 fully saturated rings. The van der Waals surface area contributed by atoms with Crippen LogP contribution in [0, 0.1) is 0 Å². The van der Waals surface area contributed by atoms with E-state index in [0.717, 1.165) is 41.6 Å². The maximum absolute atomic E-state index is 12.7. The third kappa shape index (κ3) is 3.60. The number of hydrogen-bond donors (Lipinski definition) is 3. The van der Waals surface area contributed by atoms with Gasteiger partial charge in [-0.15, -0.1) is 11.3 Å². The van der Waals surface area contributed by atoms with Gasteiger partial charge in [0.25, 0.3) is 5.91 Å². The molecule has 0 saturated carbocycles. The van der Waals surface area contributed by atoms with Crippen LogP contribution < -0.4 is 16.2 Å². The van der Waals surface area contributed by atoms with E-state index in [4.69, 9.17) is 15.9 Å². The molecule has 3 aromatic rings. The predicted octanol–water partition coefficient (Wildman–Crippen LogP) is 3.05. The summed E-state index contributed by atoms with van der Waals surface area (Å²) in [6.07, 6.45) is 5.43. The number of aromatic nitrogens is 1. The smallest absolute Gasteiger partial charge is 0.267 e. The molecule has 0 unspecified atom stereocenters. The number of hydrogen-bond acceptors (Lipinski definition) is 6. The average molecular weight is 417 g/mol. The lowest BCUT2D eigenvalue weighted by Crippen LogP contribution is -2.13. The van der Waals surface area contributed by atoms with Crippen LogP contribution in [0.15, 0.2) is 35.2 Å². The first-order valence-corrected chi connectivity index (χ1v) is 11.3. The second kappa shape index (κ2) is 7.16. The maximum atomic E-state index is 12.7. The quantitative estimate of drug-likeness (QED) is 0.565. The summed E-state index contributed by atoms with van der Waals surface area (Å²) in [6.45, 7) is 0. The van der Waals surface area contributed by atoms with E-state index in [1.165, 1.54) is 47.6 Å². The van der Waals surface area contributed by atoms with Crippen molar-refractivity contribution in [2.75, 3.05) is 11.1 Å². The van der Waals surface area contributed by atoms with Gasteiger partial charge in [0.05, 0.1) is 10.6 Å². The largest absolute Gasteiger partial charge is 0.397 e. The Morgan fingerprint density at radius 2 is 1.82 bits per heavy atom. The van der Waals surface area contributed by atoms with Crippen LogP contribution in [0.5, 0.6) is 0 Å². The van der Waals surface area contributed by atoms with Crippen molar-refractivity contribution < 1.29 is 13.2 Å². The number of fused-ring (bicyclic) bond motifs is 2. The van der Waals surface area contributed by atoms with Gasteiger partial charge in [-0.2, -0.15) is 0 Å². The summed E-state index contributed by atoms with van der Waals surface area (Å²) < 4.78 is 22.7. The first-order chi connectivity index (χ1) is 13.3. The molecule has 0 atom stereocenters. The Morgan fingerprint density at radius 1 is 1.11 bits per heavy atom. The van der Waals surface area contributed by atoms with Crippen LogP contribution in [0.4, 0.5) is 11.4 Å². The topological polar surface area (TPSA) is 128 Å². The SMILES string of the molecule is Nc1c(C(=O)Nc2ccc(S(N)(=O)=O)cc2)sc2nc3c(cc12)CCCCC3. The van der Waals surface area contributed by atoms with Gasteiger partial charge in [-0.1, -0.05) is 6.42 Å². The molecule has 146 valence electrons. The molecular formula is C19H20N4O3S2. The number of nitrogens with two attached hydrogens (primary N) is 2. The molecule has 0 saturated heterocycles. The van der Waals surface area contributed by atoms with Crippen molar-refractivity contribution in [2.45, 2.75) is 37.0 Å². The molecule has 0 aliphatic heterocycles. The van der Waals surface area contributed by atoms with Crippen LogP contribution >= 0.6 is 11.3 Å². The highest BCUT2D eigenvalue weighted by molar-refractivity contribution is 7.89. The van der Waals surface area contributed by atoms with Crippen LogP contribution in [0.3, 0.4) is 0 Å². The first-order valence-electron chi connectivity index (χ1n) is 8.98. The summed E-state index contributed by atoms with van der Waals surface area (Å²) in [4.78, 5) is 18.6. The molecule has 28 heavy (non-hydrogen) atoms. The monoisotopic (exact) mass is 416 g/mol. The van der Waals surface area contributed by atoms with Crippen molar-refractivity contribution in [1.29, 1.82) is 0 Å². The van der Waals surface area contributed by atoms with Gasteiger partial charge in [0.2, 0.25) is 10.0 Å². The van der Waals surface area contributed by atoms with Crippen LogP contribution in [0.1, 0.15) is 40.2 Å². The number of sulfonamides is 1. The van der Waals surface area contributed by atoms with E-state index in [-0.39, 0.29) is 10.8 Å². The minimum absolute atomic E-state index is 0.0161. The fourth-order valence-corrected chi connectivity index (χ4v) is 4.93. The number of benzene rings is 1. The van der Waals surface area contributed by atoms with E-state index < -0.39 is 10.0 Å². The molecule has 1 amide bonds. The van der Waals surface area contributed by atoms with E-state index in [9.17, 15) is 13.2 Å². The Kier molecular flexibility index (Phi) is 4.82. The number of nitrogen functional groups attached to an aromatic ring is 1. The fourth-order valence-electron chi connectivity index (χ4n) is 3.42. The molecule has 0 bridgehead atoms. The van der Waals surface area contributed by atoms with Gasteiger partial charge in [0.1, 0.15) is 9.71 Å². The van der Waals surface area contributed by atoms with Gasteiger partial charge in [0.15, 0.2) is 0 Å². The Balaban J connectivity index is 1.63. The molecular weight excluding hydrogens is 396 g/mol. The number of carbonyl (C=O) groups excluding carboxylic acids is 1. The number of nitrogens with zero attached hydrogens (tertiary/aromatic N) is 1. The van der Waals surface area contributed by atoms with Gasteiger partial charge in [-0.3, -0.25) is 4.79 Å². The zero-order valence-corrected chi connectivity index (χ0v) is 16.7. The molecule has 1 aliphatic carbocycles. The molecule has 2 heterocycles. The minimum atomic E-state index is -3.77. The van der Waals surface area contributed by atoms with Gasteiger partial charge in [-0.05, 0) is 61.6 Å². The van der Waals surface area contributed by atoms with Crippen molar-refractivity contribution >= 4 is 48.9 Å². The maximum Gasteiger partial charge on any atom is 0.267 e. The van der Waals surface area contributed by atoms with Crippen molar-refractivity contribution in [3.05, 3.63) is 46.5 Å². The number of primary sulfonamides is 1. The van der Waals surface area contributed by atoms with Crippen LogP contribution in [0.2, 0.25) is 0 Å². The zero-order valence-electron chi connectivity index (χ0n) is 15.1. The second-order valence-electron chi connectivity index (χ2n) is 6.88. The van der Waals surface area contributed by atoms with Crippen molar-refractivity contribution in [3.8, 4) is 0 Å². The lowest BCUT2D eigenvalue weighted by molar-refractivity contribution is 0.103. The van der Waals surface area contributed by atoms with Gasteiger partial charge < -0.3 is 11.1 Å². The molecule has 9 heteroatoms. The number of anilines is 2. The normalized spacial score (nSPS) is 14.5. The average Bonchev–Trinajstić information content (AvgIpc) is 2.82. The molecule has 7 nitrogen and oxygen atoms in total. The molecule has 4 rings (SSSR count). The standard InChI is InChI=1S/C19H20N4O3S2/c20-16-14-10-11-4-2-1-3-5-15(11)23-19(14)27-17(16)18(24)22-12-6-8-13(9-7-12)28(21,25)26/h6-10H,1-5,20H2,(H,22,24)(H2,21,25,26). The van der Waals surface area contributed by atoms with Crippen molar-refractivity contribution in [2.24, 2.45) is 5.14 Å². The lowest BCUT2D eigenvalue weighted by atomic mass is 10.1. The number of amides is 1. The van der Waals surface area contributed by atoms with E-state index >= 15 is 0 Å². The summed E-state index contributed by atoms with van der Waals surface area (Å²) in [7, 11) is -3.77. The predicted molar refractivity (Wildman–Crippen MR) is 111 cm³/mol. The summed E-state index contributed by atoms with van der Waals surface area (Å²) in [6, 6.07) is 7.74. The van der Waals surface area contributed by atoms with E-state index in [2.05, 4.69) is 11.4 Å². The molecule has 5 N–H and O–H groups in total. The molecule has 2 aromatic heterocycles. The molecule has 0 spiro atoms. The van der Waals surface area contributed by atoms with Crippen LogP contribution in [-0.4, -0.2) is 19.3 Å². The number of rotatable bonds is 3. The van der Waals surface area contributed by atoms with E-state index in [0.29, 0.717) is 16.3 Å². The van der Waals surface area contributed by atoms with Crippen LogP contribution in [-0.2, 0) is 22.9 Å². The summed E-state index contributed by atoms with van der Waals surface area (Å²) in [5.74, 6) is -0.348. The third-order valence-corrected chi connectivity index (χ3v) is 6.94. The summed E-state index contributed by atoms with van der Waals surface area (Å²) in [5, 5.41) is 8.65. The summed E-state index contributed by atoms with van der Waals surface area (Å²) in [5.41, 5.74) is 9.48. The molecule has 1 aromatic carbocycles. The number of aryl methyl sites for hydroxylation is 2. The molecule has 0 radical (unpaired) electrons. The Labute approximate surface area is 166 Å². The zero-order chi connectivity index (χ0) is 19.9. The fraction of sp³-hybridized carbons (Fsp3) is 0.263. The van der Waals surface area contributed by atoms with Gasteiger partial charge >= 0.3 is 0 Å². The number of pyridine rings is 1. The van der Waals surface area contributed by atoms with Crippen molar-refractivity contribution in [3.63, 3.8) is 0 Å². The highest BCUT2D eigenvalue weighted by Crippen LogP contribution is 2.35. The highest BCUT2D eigenvalue weighted by Gasteiger charge is 2.20. The second-order valence-corrected chi connectivity index (χ2v) is 9.44. The van der Waals surface area contributed by atoms with E-state index in [1.807, 2.05) is 0 Å². The van der Waals surface area contributed by atoms with Crippen LogP contribution in [0.25, 0.3) is 10.2 Å². The highest BCUT2D eigenvalue weighted by atomic mass is 32.2. The lowest BCUT2D eigenvalue weighted by Gasteiger charge is -2.06. The minimum Gasteiger partial charge on any atom is -0.397 e. The Bertz CT molecular complexity index is 1170. The van der Waals surface area contributed by atoms with Crippen molar-refractivity contribution in [1.82, 2.24) is 4.98 Å². The van der Waals surface area contributed by atoms with E-state index in [1.54, 1.807) is 0 Å². The number of thiophene rings is 1. The Morgan fingerprint density at radius 3 is 2.54 bits per heavy atom.